The lowest BCUT2D eigenvalue weighted by Gasteiger charge is -2.11. The summed E-state index contributed by atoms with van der Waals surface area (Å²) in [4.78, 5) is 15.2. The van der Waals surface area contributed by atoms with Gasteiger partial charge in [0.1, 0.15) is 4.90 Å². The minimum absolute atomic E-state index is 0.00193. The van der Waals surface area contributed by atoms with Crippen molar-refractivity contribution in [1.29, 1.82) is 0 Å². The zero-order chi connectivity index (χ0) is 17.3. The number of aromatic nitrogens is 1. The number of pyridine rings is 1. The highest BCUT2D eigenvalue weighted by atomic mass is 32.2. The predicted molar refractivity (Wildman–Crippen MR) is 90.7 cm³/mol. The average molecular weight is 342 g/mol. The highest BCUT2D eigenvalue weighted by Crippen LogP contribution is 2.25. The monoisotopic (exact) mass is 342 g/mol. The van der Waals surface area contributed by atoms with Crippen molar-refractivity contribution in [2.75, 3.05) is 4.72 Å². The van der Waals surface area contributed by atoms with Crippen LogP contribution < -0.4 is 4.72 Å². The van der Waals surface area contributed by atoms with Gasteiger partial charge in [0.15, 0.2) is 0 Å². The van der Waals surface area contributed by atoms with E-state index < -0.39 is 16.0 Å². The van der Waals surface area contributed by atoms with Crippen molar-refractivity contribution < 1.29 is 18.3 Å². The largest absolute Gasteiger partial charge is 0.478 e. The first-order chi connectivity index (χ1) is 11.4. The molecule has 0 aliphatic heterocycles. The van der Waals surface area contributed by atoms with Crippen molar-refractivity contribution in [3.63, 3.8) is 0 Å². The number of hydrogen-bond acceptors (Lipinski definition) is 4. The number of nitrogens with one attached hydrogen (secondary N) is 1. The summed E-state index contributed by atoms with van der Waals surface area (Å²) < 4.78 is 27.8. The molecule has 0 aliphatic carbocycles. The molecule has 2 N–H and O–H groups in total. The van der Waals surface area contributed by atoms with E-state index in [1.165, 1.54) is 30.3 Å². The molecule has 1 heterocycles. The molecular formula is C17H14N2O4S. The second-order valence-corrected chi connectivity index (χ2v) is 6.92. The van der Waals surface area contributed by atoms with Crippen LogP contribution in [0.5, 0.6) is 0 Å². The van der Waals surface area contributed by atoms with Gasteiger partial charge in [0.25, 0.3) is 10.0 Å². The Labute approximate surface area is 138 Å². The van der Waals surface area contributed by atoms with Crippen LogP contribution in [0.3, 0.4) is 0 Å². The third-order valence-electron chi connectivity index (χ3n) is 3.60. The van der Waals surface area contributed by atoms with Crippen LogP contribution in [0.15, 0.2) is 59.6 Å². The van der Waals surface area contributed by atoms with Crippen molar-refractivity contribution in [3.05, 3.63) is 65.9 Å². The topological polar surface area (TPSA) is 96.4 Å². The van der Waals surface area contributed by atoms with E-state index in [1.807, 2.05) is 19.1 Å². The molecule has 7 heteroatoms. The van der Waals surface area contributed by atoms with Crippen molar-refractivity contribution in [2.24, 2.45) is 0 Å². The predicted octanol–water partition coefficient (Wildman–Crippen LogP) is 3.04. The zero-order valence-corrected chi connectivity index (χ0v) is 13.5. The lowest BCUT2D eigenvalue weighted by atomic mass is 10.1. The Morgan fingerprint density at radius 1 is 1.12 bits per heavy atom. The number of carboxylic acid groups (broad SMARTS) is 1. The Bertz CT molecular complexity index is 1050. The molecule has 6 nitrogen and oxygen atoms in total. The summed E-state index contributed by atoms with van der Waals surface area (Å²) in [5, 5.41) is 9.76. The fourth-order valence-electron chi connectivity index (χ4n) is 2.43. The number of anilines is 1. The van der Waals surface area contributed by atoms with Gasteiger partial charge < -0.3 is 5.11 Å². The molecule has 24 heavy (non-hydrogen) atoms. The van der Waals surface area contributed by atoms with Crippen LogP contribution in [-0.4, -0.2) is 24.5 Å². The van der Waals surface area contributed by atoms with Crippen LogP contribution >= 0.6 is 0 Å². The minimum Gasteiger partial charge on any atom is -0.478 e. The van der Waals surface area contributed by atoms with Gasteiger partial charge in [0.2, 0.25) is 0 Å². The standard InChI is InChI=1S/C17H14N2O4S/c1-11-8-9-18-16-14(11)6-3-7-15(16)24(22,23)19-13-5-2-4-12(10-13)17(20)21/h2-10,19H,1H3,(H,20,21). The van der Waals surface area contributed by atoms with Crippen LogP contribution in [0.2, 0.25) is 0 Å². The molecule has 0 spiro atoms. The summed E-state index contributed by atoms with van der Waals surface area (Å²) in [5.74, 6) is -1.13. The number of para-hydroxylation sites is 1. The van der Waals surface area contributed by atoms with Gasteiger partial charge in [-0.2, -0.15) is 0 Å². The Hall–Kier alpha value is -2.93. The molecule has 0 fully saturated rings. The molecule has 1 aromatic heterocycles. The second-order valence-electron chi connectivity index (χ2n) is 5.27. The summed E-state index contributed by atoms with van der Waals surface area (Å²) in [5.41, 5.74) is 1.48. The number of benzene rings is 2. The number of hydrogen-bond donors (Lipinski definition) is 2. The summed E-state index contributed by atoms with van der Waals surface area (Å²) in [6.07, 6.45) is 1.56. The van der Waals surface area contributed by atoms with Crippen LogP contribution in [0.25, 0.3) is 10.9 Å². The normalized spacial score (nSPS) is 11.4. The van der Waals surface area contributed by atoms with Gasteiger partial charge >= 0.3 is 5.97 Å². The fraction of sp³-hybridized carbons (Fsp3) is 0.0588. The molecular weight excluding hydrogens is 328 g/mol. The van der Waals surface area contributed by atoms with Crippen LogP contribution in [0, 0.1) is 6.92 Å². The molecule has 0 saturated heterocycles. The maximum atomic E-state index is 12.7. The minimum atomic E-state index is -3.90. The summed E-state index contributed by atoms with van der Waals surface area (Å²) in [6.45, 7) is 1.88. The van der Waals surface area contributed by atoms with Gasteiger partial charge in [-0.3, -0.25) is 9.71 Å². The molecule has 0 unspecified atom stereocenters. The number of aromatic carboxylic acids is 1. The lowest BCUT2D eigenvalue weighted by molar-refractivity contribution is 0.0697. The fourth-order valence-corrected chi connectivity index (χ4v) is 3.65. The van der Waals surface area contributed by atoms with Crippen LogP contribution in [-0.2, 0) is 10.0 Å². The lowest BCUT2D eigenvalue weighted by Crippen LogP contribution is -2.14. The number of nitrogens with zero attached hydrogens (tertiary/aromatic N) is 1. The first-order valence-corrected chi connectivity index (χ1v) is 8.57. The second kappa shape index (κ2) is 5.93. The number of rotatable bonds is 4. The van der Waals surface area contributed by atoms with Crippen molar-refractivity contribution in [1.82, 2.24) is 4.98 Å². The average Bonchev–Trinajstić information content (AvgIpc) is 2.54. The summed E-state index contributed by atoms with van der Waals surface area (Å²) in [6, 6.07) is 12.4. The quantitative estimate of drug-likeness (QED) is 0.759. The highest BCUT2D eigenvalue weighted by molar-refractivity contribution is 7.93. The Balaban J connectivity index is 2.08. The number of aryl methyl sites for hydroxylation is 1. The van der Waals surface area contributed by atoms with Gasteiger partial charge in [-0.15, -0.1) is 0 Å². The summed E-state index contributed by atoms with van der Waals surface area (Å²) in [7, 11) is -3.90. The molecule has 2 aromatic carbocycles. The number of carboxylic acids is 1. The number of fused-ring (bicyclic) bond motifs is 1. The first-order valence-electron chi connectivity index (χ1n) is 7.09. The molecule has 3 aromatic rings. The molecule has 0 bridgehead atoms. The molecule has 0 radical (unpaired) electrons. The van der Waals surface area contributed by atoms with E-state index in [4.69, 9.17) is 5.11 Å². The molecule has 122 valence electrons. The van der Waals surface area contributed by atoms with Crippen LogP contribution in [0.4, 0.5) is 5.69 Å². The Morgan fingerprint density at radius 2 is 1.88 bits per heavy atom. The third kappa shape index (κ3) is 2.93. The first kappa shape index (κ1) is 15.9. The van der Waals surface area contributed by atoms with Gasteiger partial charge in [0.05, 0.1) is 11.1 Å². The van der Waals surface area contributed by atoms with E-state index in [2.05, 4.69) is 9.71 Å². The molecule has 3 rings (SSSR count). The SMILES string of the molecule is Cc1ccnc2c(S(=O)(=O)Nc3cccc(C(=O)O)c3)cccc12. The van der Waals surface area contributed by atoms with E-state index in [-0.39, 0.29) is 16.1 Å². The number of sulfonamides is 1. The number of carbonyl (C=O) groups is 1. The van der Waals surface area contributed by atoms with Gasteiger partial charge in [-0.05, 0) is 42.8 Å². The van der Waals surface area contributed by atoms with Crippen molar-refractivity contribution >= 4 is 32.6 Å². The van der Waals surface area contributed by atoms with Crippen molar-refractivity contribution in [2.45, 2.75) is 11.8 Å². The Morgan fingerprint density at radius 3 is 2.62 bits per heavy atom. The molecule has 0 amide bonds. The van der Waals surface area contributed by atoms with Gasteiger partial charge in [0, 0.05) is 17.3 Å². The molecule has 0 aliphatic rings. The van der Waals surface area contributed by atoms with E-state index >= 15 is 0 Å². The van der Waals surface area contributed by atoms with E-state index in [0.29, 0.717) is 5.52 Å². The third-order valence-corrected chi connectivity index (χ3v) is 5.02. The maximum Gasteiger partial charge on any atom is 0.335 e. The smallest absolute Gasteiger partial charge is 0.335 e. The summed E-state index contributed by atoms with van der Waals surface area (Å²) >= 11 is 0. The Kier molecular flexibility index (Phi) is 3.94. The van der Waals surface area contributed by atoms with E-state index in [9.17, 15) is 13.2 Å². The maximum absolute atomic E-state index is 12.7. The van der Waals surface area contributed by atoms with Crippen LogP contribution in [0.1, 0.15) is 15.9 Å². The van der Waals surface area contributed by atoms with Gasteiger partial charge in [-0.25, -0.2) is 13.2 Å². The highest BCUT2D eigenvalue weighted by Gasteiger charge is 2.19. The molecule has 0 saturated carbocycles. The van der Waals surface area contributed by atoms with E-state index in [1.54, 1.807) is 12.3 Å². The zero-order valence-electron chi connectivity index (χ0n) is 12.7. The van der Waals surface area contributed by atoms with E-state index in [0.717, 1.165) is 10.9 Å². The van der Waals surface area contributed by atoms with Gasteiger partial charge in [-0.1, -0.05) is 18.2 Å². The molecule has 0 atom stereocenters. The van der Waals surface area contributed by atoms with Crippen molar-refractivity contribution in [3.8, 4) is 0 Å².